The lowest BCUT2D eigenvalue weighted by Crippen LogP contribution is -2.37. The summed E-state index contributed by atoms with van der Waals surface area (Å²) in [7, 11) is 0. The predicted molar refractivity (Wildman–Crippen MR) is 55.9 cm³/mol. The summed E-state index contributed by atoms with van der Waals surface area (Å²) in [4.78, 5) is 0. The molecule has 0 aromatic carbocycles. The van der Waals surface area contributed by atoms with Gasteiger partial charge in [-0.05, 0) is 39.2 Å². The average molecular weight is 183 g/mol. The number of rotatable bonds is 6. The minimum atomic E-state index is 0.448. The number of nitrogens with one attached hydrogen (secondary N) is 1. The second-order valence-electron chi connectivity index (χ2n) is 3.73. The van der Waals surface area contributed by atoms with E-state index in [1.807, 2.05) is 6.08 Å². The van der Waals surface area contributed by atoms with E-state index in [0.717, 1.165) is 19.6 Å². The Morgan fingerprint density at radius 3 is 3.15 bits per heavy atom. The lowest BCUT2D eigenvalue weighted by Gasteiger charge is -2.19. The summed E-state index contributed by atoms with van der Waals surface area (Å²) in [6, 6.07) is 0.507. The highest BCUT2D eigenvalue weighted by molar-refractivity contribution is 4.77. The molecule has 0 aromatic heterocycles. The second kappa shape index (κ2) is 6.17. The molecule has 2 nitrogen and oxygen atoms in total. The number of allylic oxidation sites excluding steroid dienone is 1. The van der Waals surface area contributed by atoms with E-state index in [9.17, 15) is 0 Å². The van der Waals surface area contributed by atoms with Crippen LogP contribution in [0.2, 0.25) is 0 Å². The molecule has 1 rings (SSSR count). The number of unbranched alkanes of at least 4 members (excludes halogenated alkanes) is 1. The monoisotopic (exact) mass is 183 g/mol. The molecule has 2 atom stereocenters. The average Bonchev–Trinajstić information content (AvgIpc) is 2.65. The molecular formula is C11H21NO. The minimum absolute atomic E-state index is 0.448. The summed E-state index contributed by atoms with van der Waals surface area (Å²) in [5.74, 6) is 0. The lowest BCUT2D eigenvalue weighted by molar-refractivity contribution is 0.0837. The van der Waals surface area contributed by atoms with Gasteiger partial charge in [0.25, 0.3) is 0 Å². The molecule has 1 aliphatic heterocycles. The third-order valence-electron chi connectivity index (χ3n) is 2.57. The molecule has 76 valence electrons. The molecule has 0 amide bonds. The van der Waals surface area contributed by atoms with Gasteiger partial charge in [-0.15, -0.1) is 6.58 Å². The third kappa shape index (κ3) is 3.92. The Bertz CT molecular complexity index is 141. The van der Waals surface area contributed by atoms with Gasteiger partial charge in [-0.3, -0.25) is 0 Å². The Hall–Kier alpha value is -0.340. The summed E-state index contributed by atoms with van der Waals surface area (Å²) < 4.78 is 5.59. The highest BCUT2D eigenvalue weighted by Gasteiger charge is 2.21. The molecule has 1 aliphatic rings. The maximum absolute atomic E-state index is 5.59. The first-order valence-electron chi connectivity index (χ1n) is 5.30. The Balaban J connectivity index is 2.02. The molecule has 1 saturated heterocycles. The van der Waals surface area contributed by atoms with E-state index >= 15 is 0 Å². The maximum Gasteiger partial charge on any atom is 0.0726 e. The van der Waals surface area contributed by atoms with Crippen LogP contribution in [0.4, 0.5) is 0 Å². The van der Waals surface area contributed by atoms with Crippen LogP contribution < -0.4 is 5.32 Å². The normalized spacial score (nSPS) is 24.5. The summed E-state index contributed by atoms with van der Waals surface area (Å²) in [6.07, 6.45) is 7.15. The molecule has 1 N–H and O–H groups in total. The zero-order valence-corrected chi connectivity index (χ0v) is 8.59. The molecule has 1 fully saturated rings. The van der Waals surface area contributed by atoms with Crippen LogP contribution in [-0.2, 0) is 4.74 Å². The summed E-state index contributed by atoms with van der Waals surface area (Å²) in [5, 5.41) is 3.49. The molecule has 2 unspecified atom stereocenters. The van der Waals surface area contributed by atoms with Crippen LogP contribution in [0, 0.1) is 0 Å². The van der Waals surface area contributed by atoms with E-state index in [1.165, 1.54) is 19.3 Å². The first kappa shape index (κ1) is 10.7. The molecular weight excluding hydrogens is 162 g/mol. The van der Waals surface area contributed by atoms with E-state index < -0.39 is 0 Å². The van der Waals surface area contributed by atoms with Crippen molar-refractivity contribution in [3.63, 3.8) is 0 Å². The van der Waals surface area contributed by atoms with Crippen molar-refractivity contribution in [2.45, 2.75) is 44.8 Å². The first-order valence-corrected chi connectivity index (χ1v) is 5.30. The van der Waals surface area contributed by atoms with Gasteiger partial charge in [0.2, 0.25) is 0 Å². The van der Waals surface area contributed by atoms with Crippen molar-refractivity contribution in [3.05, 3.63) is 12.7 Å². The van der Waals surface area contributed by atoms with Crippen molar-refractivity contribution in [1.82, 2.24) is 5.32 Å². The zero-order valence-electron chi connectivity index (χ0n) is 8.59. The van der Waals surface area contributed by atoms with Crippen molar-refractivity contribution < 1.29 is 4.74 Å². The van der Waals surface area contributed by atoms with Gasteiger partial charge in [-0.1, -0.05) is 6.08 Å². The molecule has 0 bridgehead atoms. The second-order valence-corrected chi connectivity index (χ2v) is 3.73. The summed E-state index contributed by atoms with van der Waals surface area (Å²) in [5.41, 5.74) is 0. The molecule has 0 saturated carbocycles. The van der Waals surface area contributed by atoms with Crippen molar-refractivity contribution in [2.24, 2.45) is 0 Å². The third-order valence-corrected chi connectivity index (χ3v) is 2.57. The van der Waals surface area contributed by atoms with Crippen molar-refractivity contribution >= 4 is 0 Å². The van der Waals surface area contributed by atoms with Gasteiger partial charge in [0, 0.05) is 12.6 Å². The van der Waals surface area contributed by atoms with E-state index in [0.29, 0.717) is 12.1 Å². The minimum Gasteiger partial charge on any atom is -0.377 e. The molecule has 2 heteroatoms. The Morgan fingerprint density at radius 2 is 2.54 bits per heavy atom. The van der Waals surface area contributed by atoms with Gasteiger partial charge in [0.1, 0.15) is 0 Å². The van der Waals surface area contributed by atoms with E-state index in [4.69, 9.17) is 4.74 Å². The van der Waals surface area contributed by atoms with E-state index in [2.05, 4.69) is 18.8 Å². The maximum atomic E-state index is 5.59. The van der Waals surface area contributed by atoms with Crippen molar-refractivity contribution in [3.8, 4) is 0 Å². The van der Waals surface area contributed by atoms with Crippen LogP contribution in [-0.4, -0.2) is 25.3 Å². The quantitative estimate of drug-likeness (QED) is 0.503. The van der Waals surface area contributed by atoms with Crippen LogP contribution in [0.3, 0.4) is 0 Å². The first-order chi connectivity index (χ1) is 6.34. The fourth-order valence-corrected chi connectivity index (χ4v) is 1.70. The fraction of sp³-hybridized carbons (Fsp3) is 0.818. The summed E-state index contributed by atoms with van der Waals surface area (Å²) in [6.45, 7) is 7.94. The topological polar surface area (TPSA) is 21.3 Å². The highest BCUT2D eigenvalue weighted by atomic mass is 16.5. The Labute approximate surface area is 81.4 Å². The van der Waals surface area contributed by atoms with Crippen LogP contribution in [0.25, 0.3) is 0 Å². The SMILES string of the molecule is C=CCCCNC(C)C1CCCO1. The highest BCUT2D eigenvalue weighted by Crippen LogP contribution is 2.15. The number of ether oxygens (including phenoxy) is 1. The van der Waals surface area contributed by atoms with Crippen LogP contribution in [0.1, 0.15) is 32.6 Å². The molecule has 0 spiro atoms. The van der Waals surface area contributed by atoms with Gasteiger partial charge in [0.05, 0.1) is 6.10 Å². The van der Waals surface area contributed by atoms with E-state index in [-0.39, 0.29) is 0 Å². The van der Waals surface area contributed by atoms with Crippen LogP contribution in [0.5, 0.6) is 0 Å². The van der Waals surface area contributed by atoms with Gasteiger partial charge in [-0.25, -0.2) is 0 Å². The molecule has 0 radical (unpaired) electrons. The number of hydrogen-bond donors (Lipinski definition) is 1. The summed E-state index contributed by atoms with van der Waals surface area (Å²) >= 11 is 0. The zero-order chi connectivity index (χ0) is 9.52. The molecule has 0 aliphatic carbocycles. The Kier molecular flexibility index (Phi) is 5.09. The van der Waals surface area contributed by atoms with E-state index in [1.54, 1.807) is 0 Å². The molecule has 13 heavy (non-hydrogen) atoms. The lowest BCUT2D eigenvalue weighted by atomic mass is 10.1. The molecule has 0 aromatic rings. The fourth-order valence-electron chi connectivity index (χ4n) is 1.70. The predicted octanol–water partition coefficient (Wildman–Crippen LogP) is 2.11. The largest absolute Gasteiger partial charge is 0.377 e. The standard InChI is InChI=1S/C11H21NO/c1-3-4-5-8-12-10(2)11-7-6-9-13-11/h3,10-12H,1,4-9H2,2H3. The number of hydrogen-bond acceptors (Lipinski definition) is 2. The van der Waals surface area contributed by atoms with Gasteiger partial charge >= 0.3 is 0 Å². The van der Waals surface area contributed by atoms with Gasteiger partial charge < -0.3 is 10.1 Å². The van der Waals surface area contributed by atoms with Crippen molar-refractivity contribution in [2.75, 3.05) is 13.2 Å². The van der Waals surface area contributed by atoms with Crippen molar-refractivity contribution in [1.29, 1.82) is 0 Å². The van der Waals surface area contributed by atoms with Gasteiger partial charge in [0.15, 0.2) is 0 Å². The van der Waals surface area contributed by atoms with Crippen LogP contribution >= 0.6 is 0 Å². The van der Waals surface area contributed by atoms with Crippen LogP contribution in [0.15, 0.2) is 12.7 Å². The van der Waals surface area contributed by atoms with Gasteiger partial charge in [-0.2, -0.15) is 0 Å². The molecule has 1 heterocycles. The Morgan fingerprint density at radius 1 is 1.69 bits per heavy atom. The smallest absolute Gasteiger partial charge is 0.0726 e.